The Bertz CT molecular complexity index is 248. The van der Waals surface area contributed by atoms with Crippen LogP contribution in [0.5, 0.6) is 0 Å². The Morgan fingerprint density at radius 2 is 1.88 bits per heavy atom. The van der Waals surface area contributed by atoms with Crippen molar-refractivity contribution in [3.8, 4) is 12.3 Å². The van der Waals surface area contributed by atoms with E-state index in [1.807, 2.05) is 20.8 Å². The molecule has 0 saturated heterocycles. The Morgan fingerprint density at radius 1 is 1.31 bits per heavy atom. The Morgan fingerprint density at radius 3 is 2.31 bits per heavy atom. The van der Waals surface area contributed by atoms with Crippen molar-refractivity contribution in [2.45, 2.75) is 63.7 Å². The fourth-order valence-electron chi connectivity index (χ4n) is 2.03. The van der Waals surface area contributed by atoms with Gasteiger partial charge in [-0.15, -0.1) is 11.1 Å². The molecule has 0 radical (unpaired) electrons. The highest BCUT2D eigenvalue weighted by Crippen LogP contribution is 2.27. The minimum Gasteiger partial charge on any atom is -0.598 e. The van der Waals surface area contributed by atoms with E-state index in [0.717, 1.165) is 0 Å². The lowest BCUT2D eigenvalue weighted by Gasteiger charge is -2.31. The lowest BCUT2D eigenvalue weighted by molar-refractivity contribution is 0.324. The predicted molar refractivity (Wildman–Crippen MR) is 70.2 cm³/mol. The Hall–Kier alpha value is -0.170. The molecule has 92 valence electrons. The summed E-state index contributed by atoms with van der Waals surface area (Å²) in [7, 11) is 0. The van der Waals surface area contributed by atoms with Gasteiger partial charge < -0.3 is 4.55 Å². The van der Waals surface area contributed by atoms with Gasteiger partial charge in [-0.2, -0.15) is 0 Å². The van der Waals surface area contributed by atoms with E-state index in [-0.39, 0.29) is 10.8 Å². The molecule has 1 rings (SSSR count). The molecule has 0 bridgehead atoms. The van der Waals surface area contributed by atoms with E-state index < -0.39 is 11.4 Å². The third-order valence-corrected chi connectivity index (χ3v) is 4.67. The SMILES string of the molecule is C#C[C@@H](N[S@@+]([O-])C(C)(C)C)C1CCCCC1. The minimum absolute atomic E-state index is 0.0274. The van der Waals surface area contributed by atoms with E-state index in [1.54, 1.807) is 0 Å². The van der Waals surface area contributed by atoms with Crippen molar-refractivity contribution in [2.24, 2.45) is 5.92 Å². The molecule has 1 N–H and O–H groups in total. The van der Waals surface area contributed by atoms with Gasteiger partial charge in [0.15, 0.2) is 0 Å². The van der Waals surface area contributed by atoms with Gasteiger partial charge in [-0.1, -0.05) is 25.2 Å². The zero-order valence-corrected chi connectivity index (χ0v) is 11.4. The van der Waals surface area contributed by atoms with Gasteiger partial charge in [-0.05, 0) is 39.5 Å². The summed E-state index contributed by atoms with van der Waals surface area (Å²) in [6.45, 7) is 5.89. The molecule has 0 aliphatic heterocycles. The van der Waals surface area contributed by atoms with Crippen LogP contribution < -0.4 is 4.72 Å². The highest BCUT2D eigenvalue weighted by Gasteiger charge is 2.32. The molecule has 1 fully saturated rings. The van der Waals surface area contributed by atoms with Gasteiger partial charge in [0, 0.05) is 11.4 Å². The van der Waals surface area contributed by atoms with Crippen molar-refractivity contribution in [1.29, 1.82) is 0 Å². The molecule has 2 atom stereocenters. The smallest absolute Gasteiger partial charge is 0.136 e. The molecule has 3 heteroatoms. The number of hydrogen-bond acceptors (Lipinski definition) is 2. The van der Waals surface area contributed by atoms with Crippen LogP contribution >= 0.6 is 0 Å². The second-order valence-corrected chi connectivity index (χ2v) is 7.54. The summed E-state index contributed by atoms with van der Waals surface area (Å²) >= 11 is -1.06. The van der Waals surface area contributed by atoms with Gasteiger partial charge in [-0.25, -0.2) is 0 Å². The van der Waals surface area contributed by atoms with Gasteiger partial charge in [0.2, 0.25) is 0 Å². The molecule has 1 aliphatic rings. The van der Waals surface area contributed by atoms with Gasteiger partial charge in [0.1, 0.15) is 10.8 Å². The minimum atomic E-state index is -1.06. The largest absolute Gasteiger partial charge is 0.598 e. The van der Waals surface area contributed by atoms with Crippen molar-refractivity contribution in [1.82, 2.24) is 4.72 Å². The van der Waals surface area contributed by atoms with Crippen LogP contribution in [-0.4, -0.2) is 15.3 Å². The highest BCUT2D eigenvalue weighted by molar-refractivity contribution is 7.90. The number of hydrogen-bond donors (Lipinski definition) is 1. The summed E-state index contributed by atoms with van der Waals surface area (Å²) in [4.78, 5) is 0. The van der Waals surface area contributed by atoms with Crippen LogP contribution in [0.25, 0.3) is 0 Å². The van der Waals surface area contributed by atoms with Crippen LogP contribution in [0.15, 0.2) is 0 Å². The summed E-state index contributed by atoms with van der Waals surface area (Å²) < 4.78 is 14.8. The normalized spacial score (nSPS) is 22.4. The first-order valence-corrected chi connectivity index (χ1v) is 7.24. The highest BCUT2D eigenvalue weighted by atomic mass is 32.2. The zero-order chi connectivity index (χ0) is 12.2. The predicted octanol–water partition coefficient (Wildman–Crippen LogP) is 2.62. The Kier molecular flexibility index (Phi) is 5.17. The first-order chi connectivity index (χ1) is 7.45. The van der Waals surface area contributed by atoms with Crippen molar-refractivity contribution >= 4 is 11.4 Å². The van der Waals surface area contributed by atoms with Crippen LogP contribution in [-0.2, 0) is 11.4 Å². The maximum Gasteiger partial charge on any atom is 0.136 e. The molecule has 1 aliphatic carbocycles. The van der Waals surface area contributed by atoms with Crippen LogP contribution in [0, 0.1) is 18.3 Å². The number of terminal acetylenes is 1. The maximum absolute atomic E-state index is 12.0. The summed E-state index contributed by atoms with van der Waals surface area (Å²) in [5.41, 5.74) is 0. The topological polar surface area (TPSA) is 35.1 Å². The molecule has 0 aromatic heterocycles. The van der Waals surface area contributed by atoms with Crippen LogP contribution in [0.1, 0.15) is 52.9 Å². The molecule has 0 aromatic rings. The average molecular weight is 241 g/mol. The molecule has 0 heterocycles. The number of nitrogens with one attached hydrogen (secondary N) is 1. The fourth-order valence-corrected chi connectivity index (χ4v) is 2.87. The molecule has 0 amide bonds. The lowest BCUT2D eigenvalue weighted by atomic mass is 9.84. The molecule has 16 heavy (non-hydrogen) atoms. The van der Waals surface area contributed by atoms with Crippen molar-refractivity contribution in [3.05, 3.63) is 0 Å². The van der Waals surface area contributed by atoms with E-state index in [1.165, 1.54) is 32.1 Å². The van der Waals surface area contributed by atoms with Gasteiger partial charge in [-0.3, -0.25) is 0 Å². The second-order valence-electron chi connectivity index (χ2n) is 5.54. The zero-order valence-electron chi connectivity index (χ0n) is 10.6. The van der Waals surface area contributed by atoms with E-state index in [2.05, 4.69) is 10.6 Å². The van der Waals surface area contributed by atoms with Gasteiger partial charge in [0.05, 0.1) is 0 Å². The average Bonchev–Trinajstić information content (AvgIpc) is 2.25. The first kappa shape index (κ1) is 13.9. The van der Waals surface area contributed by atoms with E-state index in [0.29, 0.717) is 5.92 Å². The van der Waals surface area contributed by atoms with Gasteiger partial charge >= 0.3 is 0 Å². The van der Waals surface area contributed by atoms with E-state index in [4.69, 9.17) is 6.42 Å². The fraction of sp³-hybridized carbons (Fsp3) is 0.846. The standard InChI is InChI=1S/C13H23NOS/c1-5-12(11-9-7-6-8-10-11)14-16(15)13(2,3)4/h1,11-12,14H,6-10H2,2-4H3/t12-,16+/m1/s1. The van der Waals surface area contributed by atoms with E-state index >= 15 is 0 Å². The molecule has 0 aromatic carbocycles. The molecule has 2 nitrogen and oxygen atoms in total. The molecular formula is C13H23NOS. The third kappa shape index (κ3) is 4.01. The lowest BCUT2D eigenvalue weighted by Crippen LogP contribution is -2.47. The molecule has 0 spiro atoms. The van der Waals surface area contributed by atoms with E-state index in [9.17, 15) is 4.55 Å². The first-order valence-electron chi connectivity index (χ1n) is 6.09. The van der Waals surface area contributed by atoms with Crippen molar-refractivity contribution in [2.75, 3.05) is 0 Å². The number of rotatable bonds is 3. The maximum atomic E-state index is 12.0. The van der Waals surface area contributed by atoms with Crippen molar-refractivity contribution in [3.63, 3.8) is 0 Å². The van der Waals surface area contributed by atoms with Crippen LogP contribution in [0.3, 0.4) is 0 Å². The summed E-state index contributed by atoms with van der Waals surface area (Å²) in [5.74, 6) is 3.28. The Balaban J connectivity index is 2.51. The summed E-state index contributed by atoms with van der Waals surface area (Å²) in [6.07, 6.45) is 11.7. The summed E-state index contributed by atoms with van der Waals surface area (Å²) in [6, 6.07) is -0.0274. The second kappa shape index (κ2) is 5.95. The molecule has 1 saturated carbocycles. The van der Waals surface area contributed by atoms with Crippen LogP contribution in [0.2, 0.25) is 0 Å². The van der Waals surface area contributed by atoms with Gasteiger partial charge in [0.25, 0.3) is 0 Å². The molecule has 0 unspecified atom stereocenters. The summed E-state index contributed by atoms with van der Waals surface area (Å²) in [5, 5.41) is 0. The Labute approximate surface area is 103 Å². The monoisotopic (exact) mass is 241 g/mol. The van der Waals surface area contributed by atoms with Crippen LogP contribution in [0.4, 0.5) is 0 Å². The third-order valence-electron chi connectivity index (χ3n) is 3.09. The quantitative estimate of drug-likeness (QED) is 0.609. The van der Waals surface area contributed by atoms with Crippen molar-refractivity contribution < 1.29 is 4.55 Å². The molecular weight excluding hydrogens is 218 g/mol.